The second kappa shape index (κ2) is 14.5. The molecule has 1 amide bonds. The summed E-state index contributed by atoms with van der Waals surface area (Å²) in [6, 6.07) is 20.9. The molecule has 7 heteroatoms. The Hall–Kier alpha value is -4.10. The van der Waals surface area contributed by atoms with E-state index in [0.29, 0.717) is 30.5 Å². The summed E-state index contributed by atoms with van der Waals surface area (Å²) in [5.74, 6) is -0.477. The van der Waals surface area contributed by atoms with E-state index in [-0.39, 0.29) is 24.0 Å². The zero-order valence-corrected chi connectivity index (χ0v) is 24.2. The molecular weight excluding hydrogens is 512 g/mol. The molecule has 41 heavy (non-hydrogen) atoms. The largest absolute Gasteiger partial charge is 0.393 e. The molecule has 2 aromatic carbocycles. The Kier molecular flexibility index (Phi) is 10.6. The minimum atomic E-state index is -0.629. The van der Waals surface area contributed by atoms with E-state index in [1.54, 1.807) is 24.2 Å². The van der Waals surface area contributed by atoms with Crippen molar-refractivity contribution in [2.24, 2.45) is 5.92 Å². The SMILES string of the molecule is CCn1cc(CCC[C@@H](O)[C@@H](CC(=O)c2cc(C)cc(C(=O)N(C)Cc3ccccn3)c2)Cc2ccccc2)cn1. The summed E-state index contributed by atoms with van der Waals surface area (Å²) >= 11 is 0. The first-order valence-electron chi connectivity index (χ1n) is 14.4. The van der Waals surface area contributed by atoms with Crippen LogP contribution in [-0.2, 0) is 25.9 Å². The van der Waals surface area contributed by atoms with Crippen LogP contribution in [0.1, 0.15) is 69.3 Å². The lowest BCUT2D eigenvalue weighted by atomic mass is 9.85. The average Bonchev–Trinajstić information content (AvgIpc) is 3.45. The number of aromatic nitrogens is 3. The van der Waals surface area contributed by atoms with E-state index in [0.717, 1.165) is 41.8 Å². The zero-order chi connectivity index (χ0) is 29.2. The number of Topliss-reactive ketones (excluding diaryl/α,β-unsaturated/α-hetero) is 1. The number of rotatable bonds is 14. The highest BCUT2D eigenvalue weighted by Gasteiger charge is 2.24. The lowest BCUT2D eigenvalue weighted by Crippen LogP contribution is -2.27. The van der Waals surface area contributed by atoms with Crippen LogP contribution in [0.5, 0.6) is 0 Å². The van der Waals surface area contributed by atoms with Crippen molar-refractivity contribution in [2.75, 3.05) is 7.05 Å². The number of benzene rings is 2. The van der Waals surface area contributed by atoms with Gasteiger partial charge in [-0.2, -0.15) is 5.10 Å². The summed E-state index contributed by atoms with van der Waals surface area (Å²) in [7, 11) is 1.74. The van der Waals surface area contributed by atoms with E-state index >= 15 is 0 Å². The van der Waals surface area contributed by atoms with Crippen LogP contribution < -0.4 is 0 Å². The quantitative estimate of drug-likeness (QED) is 0.203. The molecule has 0 aliphatic rings. The van der Waals surface area contributed by atoms with Crippen molar-refractivity contribution in [3.63, 3.8) is 0 Å². The van der Waals surface area contributed by atoms with Gasteiger partial charge in [-0.05, 0) is 92.5 Å². The van der Waals surface area contributed by atoms with Gasteiger partial charge in [0.25, 0.3) is 5.91 Å². The van der Waals surface area contributed by atoms with Crippen molar-refractivity contribution >= 4 is 11.7 Å². The molecule has 0 aliphatic carbocycles. The van der Waals surface area contributed by atoms with Crippen LogP contribution in [0.2, 0.25) is 0 Å². The van der Waals surface area contributed by atoms with Crippen LogP contribution in [0.4, 0.5) is 0 Å². The summed E-state index contributed by atoms with van der Waals surface area (Å²) in [5, 5.41) is 15.6. The summed E-state index contributed by atoms with van der Waals surface area (Å²) in [5.41, 5.74) is 4.85. The summed E-state index contributed by atoms with van der Waals surface area (Å²) in [6.45, 7) is 5.15. The maximum absolute atomic E-state index is 13.6. The summed E-state index contributed by atoms with van der Waals surface area (Å²) in [4.78, 5) is 32.8. The zero-order valence-electron chi connectivity index (χ0n) is 24.2. The molecule has 2 aromatic heterocycles. The van der Waals surface area contributed by atoms with Gasteiger partial charge >= 0.3 is 0 Å². The van der Waals surface area contributed by atoms with E-state index < -0.39 is 6.10 Å². The molecule has 4 aromatic rings. The Balaban J connectivity index is 1.45. The molecule has 2 heterocycles. The Bertz CT molecular complexity index is 1420. The molecule has 0 aliphatic heterocycles. The second-order valence-electron chi connectivity index (χ2n) is 10.8. The fourth-order valence-electron chi connectivity index (χ4n) is 5.17. The first-order chi connectivity index (χ1) is 19.8. The first kappa shape index (κ1) is 29.9. The van der Waals surface area contributed by atoms with Gasteiger partial charge in [0.15, 0.2) is 5.78 Å². The summed E-state index contributed by atoms with van der Waals surface area (Å²) in [6.07, 6.45) is 8.04. The maximum atomic E-state index is 13.6. The van der Waals surface area contributed by atoms with Crippen LogP contribution >= 0.6 is 0 Å². The standard InChI is InChI=1S/C34H40N4O3/c1-4-38-23-27(22-36-38)13-10-15-32(39)29(19-26-11-6-5-7-12-26)21-33(40)28-17-25(2)18-30(20-28)34(41)37(3)24-31-14-8-9-16-35-31/h5-9,11-12,14,16-18,20,22-23,29,32,39H,4,10,13,15,19,21,24H2,1-3H3/t29-,32-/m1/s1. The minimum Gasteiger partial charge on any atom is -0.393 e. The third-order valence-corrected chi connectivity index (χ3v) is 7.43. The molecule has 7 nitrogen and oxygen atoms in total. The molecule has 1 N–H and O–H groups in total. The van der Waals surface area contributed by atoms with E-state index in [1.807, 2.05) is 84.7 Å². The molecule has 0 radical (unpaired) electrons. The van der Waals surface area contributed by atoms with Crippen LogP contribution in [0.15, 0.2) is 85.3 Å². The van der Waals surface area contributed by atoms with Gasteiger partial charge < -0.3 is 10.0 Å². The number of carbonyl (C=O) groups is 2. The van der Waals surface area contributed by atoms with Crippen molar-refractivity contribution < 1.29 is 14.7 Å². The van der Waals surface area contributed by atoms with Gasteiger partial charge in [0.1, 0.15) is 0 Å². The number of carbonyl (C=O) groups excluding carboxylic acids is 2. The number of nitrogens with zero attached hydrogens (tertiary/aromatic N) is 4. The molecule has 214 valence electrons. The number of aliphatic hydroxyl groups excluding tert-OH is 1. The smallest absolute Gasteiger partial charge is 0.253 e. The molecule has 0 fully saturated rings. The van der Waals surface area contributed by atoms with E-state index in [4.69, 9.17) is 0 Å². The minimum absolute atomic E-state index is 0.0701. The monoisotopic (exact) mass is 552 g/mol. The number of amides is 1. The van der Waals surface area contributed by atoms with Crippen molar-refractivity contribution in [3.8, 4) is 0 Å². The van der Waals surface area contributed by atoms with E-state index in [9.17, 15) is 14.7 Å². The number of ketones is 1. The molecular formula is C34H40N4O3. The molecule has 4 rings (SSSR count). The number of hydrogen-bond donors (Lipinski definition) is 1. The van der Waals surface area contributed by atoms with Crippen molar-refractivity contribution in [2.45, 2.75) is 65.1 Å². The van der Waals surface area contributed by atoms with Crippen molar-refractivity contribution in [1.29, 1.82) is 0 Å². The van der Waals surface area contributed by atoms with Gasteiger partial charge in [0, 0.05) is 43.5 Å². The number of aryl methyl sites for hydroxylation is 3. The molecule has 0 unspecified atom stereocenters. The normalized spacial score (nSPS) is 12.6. The summed E-state index contributed by atoms with van der Waals surface area (Å²) < 4.78 is 1.90. The predicted octanol–water partition coefficient (Wildman–Crippen LogP) is 5.69. The molecule has 0 bridgehead atoms. The maximum Gasteiger partial charge on any atom is 0.253 e. The van der Waals surface area contributed by atoms with Crippen LogP contribution in [0.3, 0.4) is 0 Å². The predicted molar refractivity (Wildman–Crippen MR) is 161 cm³/mol. The third-order valence-electron chi connectivity index (χ3n) is 7.43. The molecule has 0 spiro atoms. The average molecular weight is 553 g/mol. The van der Waals surface area contributed by atoms with Gasteiger partial charge in [-0.3, -0.25) is 19.3 Å². The third kappa shape index (κ3) is 8.69. The van der Waals surface area contributed by atoms with Crippen LogP contribution in [0, 0.1) is 12.8 Å². The highest BCUT2D eigenvalue weighted by Crippen LogP contribution is 2.24. The Morgan fingerprint density at radius 1 is 1.00 bits per heavy atom. The lowest BCUT2D eigenvalue weighted by molar-refractivity contribution is 0.0747. The van der Waals surface area contributed by atoms with E-state index in [2.05, 4.69) is 17.0 Å². The Labute approximate surface area is 242 Å². The number of hydrogen-bond acceptors (Lipinski definition) is 5. The number of aliphatic hydroxyl groups is 1. The second-order valence-corrected chi connectivity index (χ2v) is 10.8. The van der Waals surface area contributed by atoms with Gasteiger partial charge in [-0.25, -0.2) is 0 Å². The van der Waals surface area contributed by atoms with Crippen molar-refractivity contribution in [1.82, 2.24) is 19.7 Å². The molecule has 0 saturated heterocycles. The van der Waals surface area contributed by atoms with Gasteiger partial charge in [0.2, 0.25) is 0 Å². The first-order valence-corrected chi connectivity index (χ1v) is 14.4. The fraction of sp³-hybridized carbons (Fsp3) is 0.353. The topological polar surface area (TPSA) is 88.3 Å². The van der Waals surface area contributed by atoms with Gasteiger partial charge in [0.05, 0.1) is 24.5 Å². The van der Waals surface area contributed by atoms with Crippen LogP contribution in [0.25, 0.3) is 0 Å². The van der Waals surface area contributed by atoms with Gasteiger partial charge in [-0.1, -0.05) is 36.4 Å². The van der Waals surface area contributed by atoms with Crippen molar-refractivity contribution in [3.05, 3.63) is 119 Å². The Morgan fingerprint density at radius 3 is 2.46 bits per heavy atom. The van der Waals surface area contributed by atoms with Crippen LogP contribution in [-0.4, -0.2) is 49.6 Å². The molecule has 2 atom stereocenters. The number of pyridine rings is 1. The van der Waals surface area contributed by atoms with Gasteiger partial charge in [-0.15, -0.1) is 0 Å². The fourth-order valence-corrected chi connectivity index (χ4v) is 5.17. The molecule has 0 saturated carbocycles. The highest BCUT2D eigenvalue weighted by atomic mass is 16.3. The van der Waals surface area contributed by atoms with E-state index in [1.165, 1.54) is 0 Å². The lowest BCUT2D eigenvalue weighted by Gasteiger charge is -2.23. The highest BCUT2D eigenvalue weighted by molar-refractivity contribution is 6.01. The Morgan fingerprint density at radius 2 is 1.76 bits per heavy atom.